The highest BCUT2D eigenvalue weighted by Gasteiger charge is 2.08. The number of benzene rings is 3. The third-order valence-corrected chi connectivity index (χ3v) is 3.29. The SMILES string of the molecule is c1cc2cc(c1)Oc1ccc(cc1)Oc1ccccc1N2. The molecule has 2 heterocycles. The summed E-state index contributed by atoms with van der Waals surface area (Å²) in [6.07, 6.45) is 0. The molecule has 1 N–H and O–H groups in total. The zero-order chi connectivity index (χ0) is 14.1. The number of hydrogen-bond acceptors (Lipinski definition) is 3. The summed E-state index contributed by atoms with van der Waals surface area (Å²) in [5.74, 6) is 3.15. The van der Waals surface area contributed by atoms with Crippen molar-refractivity contribution in [2.45, 2.75) is 0 Å². The van der Waals surface area contributed by atoms with Gasteiger partial charge in [-0.25, -0.2) is 0 Å². The molecule has 0 saturated heterocycles. The van der Waals surface area contributed by atoms with E-state index in [9.17, 15) is 0 Å². The molecule has 2 aliphatic heterocycles. The molecule has 5 rings (SSSR count). The molecule has 2 aliphatic rings. The molecule has 3 heteroatoms. The van der Waals surface area contributed by atoms with Gasteiger partial charge in [0.15, 0.2) is 5.75 Å². The minimum Gasteiger partial charge on any atom is -0.457 e. The van der Waals surface area contributed by atoms with E-state index < -0.39 is 0 Å². The molecule has 0 fully saturated rings. The molecule has 0 aromatic heterocycles. The molecule has 0 unspecified atom stereocenters. The Morgan fingerprint density at radius 2 is 1.38 bits per heavy atom. The Bertz CT molecular complexity index is 781. The van der Waals surface area contributed by atoms with E-state index >= 15 is 0 Å². The third-order valence-electron chi connectivity index (χ3n) is 3.29. The Morgan fingerprint density at radius 3 is 2.24 bits per heavy atom. The van der Waals surface area contributed by atoms with Crippen LogP contribution in [0.25, 0.3) is 0 Å². The van der Waals surface area contributed by atoms with Gasteiger partial charge in [0.05, 0.1) is 5.69 Å². The summed E-state index contributed by atoms with van der Waals surface area (Å²) in [7, 11) is 0. The van der Waals surface area contributed by atoms with Crippen molar-refractivity contribution in [3.8, 4) is 23.0 Å². The normalized spacial score (nSPS) is 12.0. The molecule has 0 aliphatic carbocycles. The maximum atomic E-state index is 5.94. The van der Waals surface area contributed by atoms with Gasteiger partial charge in [0.1, 0.15) is 17.2 Å². The molecule has 0 atom stereocenters. The summed E-state index contributed by atoms with van der Waals surface area (Å²) in [6, 6.07) is 23.3. The van der Waals surface area contributed by atoms with E-state index in [-0.39, 0.29) is 0 Å². The van der Waals surface area contributed by atoms with Crippen LogP contribution in [0.3, 0.4) is 0 Å². The number of anilines is 2. The largest absolute Gasteiger partial charge is 0.457 e. The second-order valence-electron chi connectivity index (χ2n) is 4.82. The topological polar surface area (TPSA) is 30.5 Å². The van der Waals surface area contributed by atoms with Crippen LogP contribution in [-0.4, -0.2) is 0 Å². The molecule has 0 amide bonds. The molecule has 3 aromatic rings. The first-order valence-corrected chi connectivity index (χ1v) is 6.79. The summed E-state index contributed by atoms with van der Waals surface area (Å²) in [6.45, 7) is 0. The maximum absolute atomic E-state index is 5.94. The predicted octanol–water partition coefficient (Wildman–Crippen LogP) is 5.33. The molecule has 0 saturated carbocycles. The molecule has 0 spiro atoms. The summed E-state index contributed by atoms with van der Waals surface area (Å²) < 4.78 is 11.8. The highest BCUT2D eigenvalue weighted by Crippen LogP contribution is 2.35. The van der Waals surface area contributed by atoms with E-state index in [1.54, 1.807) is 0 Å². The smallest absolute Gasteiger partial charge is 0.150 e. The van der Waals surface area contributed by atoms with Gasteiger partial charge in [-0.3, -0.25) is 0 Å². The van der Waals surface area contributed by atoms with E-state index in [0.717, 1.165) is 34.4 Å². The molecular weight excluding hydrogens is 262 g/mol. The fourth-order valence-corrected chi connectivity index (χ4v) is 2.29. The highest BCUT2D eigenvalue weighted by atomic mass is 16.5. The molecular formula is C18H13NO2. The molecule has 3 nitrogen and oxygen atoms in total. The monoisotopic (exact) mass is 275 g/mol. The van der Waals surface area contributed by atoms with Gasteiger partial charge < -0.3 is 14.8 Å². The standard InChI is InChI=1S/C18H13NO2/c1-2-7-18-17(6-1)19-13-4-3-5-16(12-13)20-14-8-10-15(21-18)11-9-14/h1-12,19H. The quantitative estimate of drug-likeness (QED) is 0.470. The van der Waals surface area contributed by atoms with E-state index in [2.05, 4.69) is 5.32 Å². The second-order valence-corrected chi connectivity index (χ2v) is 4.82. The van der Waals surface area contributed by atoms with Crippen molar-refractivity contribution in [3.05, 3.63) is 72.8 Å². The van der Waals surface area contributed by atoms with Gasteiger partial charge in [-0.15, -0.1) is 0 Å². The second kappa shape index (κ2) is 4.87. The average molecular weight is 275 g/mol. The molecule has 0 radical (unpaired) electrons. The molecule has 21 heavy (non-hydrogen) atoms. The Kier molecular flexibility index (Phi) is 2.75. The Balaban J connectivity index is 1.88. The number of nitrogens with one attached hydrogen (secondary N) is 1. The van der Waals surface area contributed by atoms with E-state index in [4.69, 9.17) is 9.47 Å². The number of hydrogen-bond donors (Lipinski definition) is 1. The first-order valence-electron chi connectivity index (χ1n) is 6.79. The summed E-state index contributed by atoms with van der Waals surface area (Å²) in [5, 5.41) is 3.36. The number of ether oxygens (including phenoxy) is 2. The van der Waals surface area contributed by atoms with Gasteiger partial charge in [0.25, 0.3) is 0 Å². The first kappa shape index (κ1) is 11.9. The van der Waals surface area contributed by atoms with Crippen LogP contribution in [0.2, 0.25) is 0 Å². The van der Waals surface area contributed by atoms with Crippen LogP contribution in [0, 0.1) is 0 Å². The molecule has 3 aromatic carbocycles. The summed E-state index contributed by atoms with van der Waals surface area (Å²) in [5.41, 5.74) is 1.87. The number of para-hydroxylation sites is 2. The van der Waals surface area contributed by atoms with Gasteiger partial charge in [-0.05, 0) is 48.5 Å². The van der Waals surface area contributed by atoms with Crippen LogP contribution in [0.1, 0.15) is 0 Å². The van der Waals surface area contributed by atoms with Crippen LogP contribution in [0.5, 0.6) is 23.0 Å². The Morgan fingerprint density at radius 1 is 0.619 bits per heavy atom. The fourth-order valence-electron chi connectivity index (χ4n) is 2.29. The summed E-state index contributed by atoms with van der Waals surface area (Å²) >= 11 is 0. The number of fused-ring (bicyclic) bond motifs is 2. The van der Waals surface area contributed by atoms with Crippen molar-refractivity contribution in [2.24, 2.45) is 0 Å². The van der Waals surface area contributed by atoms with Crippen molar-refractivity contribution < 1.29 is 9.47 Å². The van der Waals surface area contributed by atoms with Crippen molar-refractivity contribution in [3.63, 3.8) is 0 Å². The van der Waals surface area contributed by atoms with Gasteiger partial charge in [0, 0.05) is 11.8 Å². The lowest BCUT2D eigenvalue weighted by Crippen LogP contribution is -1.96. The average Bonchev–Trinajstić information content (AvgIpc) is 2.51. The zero-order valence-electron chi connectivity index (χ0n) is 11.2. The number of rotatable bonds is 0. The van der Waals surface area contributed by atoms with Crippen LogP contribution in [-0.2, 0) is 0 Å². The van der Waals surface area contributed by atoms with Gasteiger partial charge in [-0.1, -0.05) is 18.2 Å². The van der Waals surface area contributed by atoms with Crippen molar-refractivity contribution in [2.75, 3.05) is 5.32 Å². The molecule has 102 valence electrons. The minimum atomic E-state index is 0.779. The summed E-state index contributed by atoms with van der Waals surface area (Å²) in [4.78, 5) is 0. The predicted molar refractivity (Wildman–Crippen MR) is 82.8 cm³/mol. The van der Waals surface area contributed by atoms with Crippen molar-refractivity contribution >= 4 is 11.4 Å². The Hall–Kier alpha value is -2.94. The van der Waals surface area contributed by atoms with E-state index in [0.29, 0.717) is 0 Å². The fraction of sp³-hybridized carbons (Fsp3) is 0. The van der Waals surface area contributed by atoms with E-state index in [1.807, 2.05) is 72.8 Å². The highest BCUT2D eigenvalue weighted by molar-refractivity contribution is 5.68. The zero-order valence-corrected chi connectivity index (χ0v) is 11.2. The lowest BCUT2D eigenvalue weighted by Gasteiger charge is -2.16. The minimum absolute atomic E-state index is 0.779. The maximum Gasteiger partial charge on any atom is 0.150 e. The van der Waals surface area contributed by atoms with Crippen LogP contribution in [0.4, 0.5) is 11.4 Å². The van der Waals surface area contributed by atoms with Crippen molar-refractivity contribution in [1.29, 1.82) is 0 Å². The van der Waals surface area contributed by atoms with Gasteiger partial charge in [-0.2, -0.15) is 0 Å². The van der Waals surface area contributed by atoms with Gasteiger partial charge >= 0.3 is 0 Å². The van der Waals surface area contributed by atoms with Crippen LogP contribution < -0.4 is 14.8 Å². The lowest BCUT2D eigenvalue weighted by atomic mass is 10.2. The molecule has 4 bridgehead atoms. The van der Waals surface area contributed by atoms with E-state index in [1.165, 1.54) is 0 Å². The van der Waals surface area contributed by atoms with Crippen LogP contribution >= 0.6 is 0 Å². The van der Waals surface area contributed by atoms with Gasteiger partial charge in [0.2, 0.25) is 0 Å². The first-order chi connectivity index (χ1) is 10.4. The Labute approximate surface area is 122 Å². The lowest BCUT2D eigenvalue weighted by molar-refractivity contribution is 0.469. The van der Waals surface area contributed by atoms with Crippen LogP contribution in [0.15, 0.2) is 72.8 Å². The van der Waals surface area contributed by atoms with Crippen molar-refractivity contribution in [1.82, 2.24) is 0 Å². The third kappa shape index (κ3) is 2.41.